The molecule has 1 heterocycles. The molecule has 3 N–H and O–H groups in total. The fourth-order valence-electron chi connectivity index (χ4n) is 2.30. The van der Waals surface area contributed by atoms with E-state index in [0.29, 0.717) is 38.4 Å². The average molecular weight is 356 g/mol. The number of rotatable bonds is 5. The number of hydrogen-bond acceptors (Lipinski definition) is 4. The van der Waals surface area contributed by atoms with E-state index in [4.69, 9.17) is 10.5 Å². The average Bonchev–Trinajstić information content (AvgIpc) is 2.56. The van der Waals surface area contributed by atoms with Crippen molar-refractivity contribution in [2.45, 2.75) is 26.3 Å². The second kappa shape index (κ2) is 9.61. The van der Waals surface area contributed by atoms with Crippen molar-refractivity contribution >= 4 is 29.9 Å². The number of hydrogen-bond donors (Lipinski definition) is 2. The molecule has 1 aromatic carbocycles. The number of nitrogens with one attached hydrogen (secondary N) is 1. The summed E-state index contributed by atoms with van der Waals surface area (Å²) < 4.78 is 5.25. The lowest BCUT2D eigenvalue weighted by Crippen LogP contribution is -2.41. The molecule has 1 fully saturated rings. The van der Waals surface area contributed by atoms with Crippen molar-refractivity contribution in [1.82, 2.24) is 4.90 Å². The number of halogens is 1. The summed E-state index contributed by atoms with van der Waals surface area (Å²) in [6.45, 7) is 6.13. The normalized spacial score (nSPS) is 16.7. The summed E-state index contributed by atoms with van der Waals surface area (Å²) in [4.78, 5) is 26.0. The number of anilines is 1. The Balaban J connectivity index is 0.00000288. The molecule has 7 heteroatoms. The lowest BCUT2D eigenvalue weighted by Gasteiger charge is -2.26. The number of morpholine rings is 1. The summed E-state index contributed by atoms with van der Waals surface area (Å²) in [5.74, 6) is -0.245. The topological polar surface area (TPSA) is 84.7 Å². The molecule has 24 heavy (non-hydrogen) atoms. The molecule has 2 atom stereocenters. The SMILES string of the molecule is CC(N)C(C)C(=O)Nc1ccc(CC(=O)N2CCOCC2)cc1.Cl. The zero-order valence-electron chi connectivity index (χ0n) is 14.2. The van der Waals surface area contributed by atoms with E-state index in [9.17, 15) is 9.59 Å². The lowest BCUT2D eigenvalue weighted by atomic mass is 10.0. The molecule has 6 nitrogen and oxygen atoms in total. The van der Waals surface area contributed by atoms with Crippen LogP contribution in [0.5, 0.6) is 0 Å². The van der Waals surface area contributed by atoms with Crippen molar-refractivity contribution in [3.63, 3.8) is 0 Å². The largest absolute Gasteiger partial charge is 0.378 e. The van der Waals surface area contributed by atoms with Crippen molar-refractivity contribution < 1.29 is 14.3 Å². The number of ether oxygens (including phenoxy) is 1. The van der Waals surface area contributed by atoms with Crippen LogP contribution < -0.4 is 11.1 Å². The minimum absolute atomic E-state index is 0. The molecule has 0 aromatic heterocycles. The molecule has 0 bridgehead atoms. The summed E-state index contributed by atoms with van der Waals surface area (Å²) in [5.41, 5.74) is 7.37. The van der Waals surface area contributed by atoms with Crippen molar-refractivity contribution in [1.29, 1.82) is 0 Å². The predicted molar refractivity (Wildman–Crippen MR) is 96.2 cm³/mol. The van der Waals surface area contributed by atoms with Crippen molar-refractivity contribution in [2.24, 2.45) is 11.7 Å². The van der Waals surface area contributed by atoms with Crippen molar-refractivity contribution in [3.8, 4) is 0 Å². The van der Waals surface area contributed by atoms with E-state index in [-0.39, 0.29) is 36.2 Å². The first-order valence-electron chi connectivity index (χ1n) is 7.98. The van der Waals surface area contributed by atoms with Gasteiger partial charge in [0.15, 0.2) is 0 Å². The minimum Gasteiger partial charge on any atom is -0.378 e. The maximum absolute atomic E-state index is 12.2. The van der Waals surface area contributed by atoms with E-state index < -0.39 is 0 Å². The first-order valence-corrected chi connectivity index (χ1v) is 7.98. The Morgan fingerprint density at radius 3 is 2.33 bits per heavy atom. The number of nitrogens with two attached hydrogens (primary N) is 1. The Bertz CT molecular complexity index is 543. The number of carbonyl (C=O) groups excluding carboxylic acids is 2. The van der Waals surface area contributed by atoms with Gasteiger partial charge in [-0.15, -0.1) is 12.4 Å². The van der Waals surface area contributed by atoms with Gasteiger partial charge in [-0.05, 0) is 24.6 Å². The molecule has 0 radical (unpaired) electrons. The highest BCUT2D eigenvalue weighted by molar-refractivity contribution is 5.92. The zero-order valence-corrected chi connectivity index (χ0v) is 15.0. The first-order chi connectivity index (χ1) is 11.0. The van der Waals surface area contributed by atoms with Gasteiger partial charge in [0, 0.05) is 24.8 Å². The third-order valence-electron chi connectivity index (χ3n) is 4.14. The van der Waals surface area contributed by atoms with Crippen LogP contribution in [0, 0.1) is 5.92 Å². The van der Waals surface area contributed by atoms with Gasteiger partial charge in [0.05, 0.1) is 25.6 Å². The van der Waals surface area contributed by atoms with Crippen LogP contribution in [0.15, 0.2) is 24.3 Å². The van der Waals surface area contributed by atoms with E-state index in [1.54, 1.807) is 6.92 Å². The Morgan fingerprint density at radius 2 is 1.79 bits per heavy atom. The number of benzene rings is 1. The smallest absolute Gasteiger partial charge is 0.228 e. The molecule has 0 spiro atoms. The van der Waals surface area contributed by atoms with Crippen LogP contribution in [0.4, 0.5) is 5.69 Å². The van der Waals surface area contributed by atoms with E-state index in [2.05, 4.69) is 5.32 Å². The molecule has 1 saturated heterocycles. The van der Waals surface area contributed by atoms with E-state index >= 15 is 0 Å². The van der Waals surface area contributed by atoms with E-state index in [1.807, 2.05) is 36.1 Å². The van der Waals surface area contributed by atoms with Crippen molar-refractivity contribution in [2.75, 3.05) is 31.6 Å². The van der Waals surface area contributed by atoms with Gasteiger partial charge in [0.1, 0.15) is 0 Å². The summed E-state index contributed by atoms with van der Waals surface area (Å²) in [5, 5.41) is 2.84. The van der Waals surface area contributed by atoms with Crippen LogP contribution in [0.2, 0.25) is 0 Å². The molecule has 1 aliphatic heterocycles. The lowest BCUT2D eigenvalue weighted by molar-refractivity contribution is -0.134. The Morgan fingerprint density at radius 1 is 1.21 bits per heavy atom. The fourth-order valence-corrected chi connectivity index (χ4v) is 2.30. The number of carbonyl (C=O) groups is 2. The van der Waals surface area contributed by atoms with Gasteiger partial charge < -0.3 is 20.7 Å². The summed E-state index contributed by atoms with van der Waals surface area (Å²) in [6.07, 6.45) is 0.366. The van der Waals surface area contributed by atoms with Crippen LogP contribution in [0.3, 0.4) is 0 Å². The van der Waals surface area contributed by atoms with Gasteiger partial charge in [-0.2, -0.15) is 0 Å². The second-order valence-corrected chi connectivity index (χ2v) is 6.00. The van der Waals surface area contributed by atoms with Gasteiger partial charge in [-0.3, -0.25) is 9.59 Å². The molecule has 1 aromatic rings. The molecule has 2 amide bonds. The second-order valence-electron chi connectivity index (χ2n) is 6.00. The highest BCUT2D eigenvalue weighted by Gasteiger charge is 2.18. The van der Waals surface area contributed by atoms with Gasteiger partial charge in [-0.25, -0.2) is 0 Å². The summed E-state index contributed by atoms with van der Waals surface area (Å²) >= 11 is 0. The van der Waals surface area contributed by atoms with Crippen LogP contribution in [-0.2, 0) is 20.7 Å². The molecule has 134 valence electrons. The molecule has 0 aliphatic carbocycles. The quantitative estimate of drug-likeness (QED) is 0.836. The zero-order chi connectivity index (χ0) is 16.8. The van der Waals surface area contributed by atoms with Gasteiger partial charge >= 0.3 is 0 Å². The minimum atomic E-state index is -0.252. The summed E-state index contributed by atoms with van der Waals surface area (Å²) in [7, 11) is 0. The van der Waals surface area contributed by atoms with Gasteiger partial charge in [0.2, 0.25) is 11.8 Å². The van der Waals surface area contributed by atoms with E-state index in [1.165, 1.54) is 0 Å². The molecular formula is C17H26ClN3O3. The Hall–Kier alpha value is -1.63. The maximum Gasteiger partial charge on any atom is 0.228 e. The molecule has 2 unspecified atom stereocenters. The molecule has 2 rings (SSSR count). The highest BCUT2D eigenvalue weighted by atomic mass is 35.5. The Labute approximate surface area is 149 Å². The first kappa shape index (κ1) is 20.4. The summed E-state index contributed by atoms with van der Waals surface area (Å²) in [6, 6.07) is 7.16. The van der Waals surface area contributed by atoms with Crippen molar-refractivity contribution in [3.05, 3.63) is 29.8 Å². The third kappa shape index (κ3) is 5.78. The van der Waals surface area contributed by atoms with Crippen LogP contribution in [-0.4, -0.2) is 49.1 Å². The number of nitrogens with zero attached hydrogens (tertiary/aromatic N) is 1. The van der Waals surface area contributed by atoms with Gasteiger partial charge in [-0.1, -0.05) is 19.1 Å². The van der Waals surface area contributed by atoms with Crippen LogP contribution in [0.1, 0.15) is 19.4 Å². The Kier molecular flexibility index (Phi) is 8.18. The fraction of sp³-hybridized carbons (Fsp3) is 0.529. The maximum atomic E-state index is 12.2. The molecule has 0 saturated carbocycles. The van der Waals surface area contributed by atoms with Gasteiger partial charge in [0.25, 0.3) is 0 Å². The molecule has 1 aliphatic rings. The predicted octanol–water partition coefficient (Wildman–Crippen LogP) is 1.43. The van der Waals surface area contributed by atoms with Crippen LogP contribution >= 0.6 is 12.4 Å². The van der Waals surface area contributed by atoms with E-state index in [0.717, 1.165) is 5.56 Å². The third-order valence-corrected chi connectivity index (χ3v) is 4.14. The standard InChI is InChI=1S/C17H25N3O3.ClH/c1-12(13(2)18)17(22)19-15-5-3-14(4-6-15)11-16(21)20-7-9-23-10-8-20;/h3-6,12-13H,7-11,18H2,1-2H3,(H,19,22);1H. The monoisotopic (exact) mass is 355 g/mol. The number of amides is 2. The highest BCUT2D eigenvalue weighted by Crippen LogP contribution is 2.13. The van der Waals surface area contributed by atoms with Crippen LogP contribution in [0.25, 0.3) is 0 Å². The molecular weight excluding hydrogens is 330 g/mol.